The number of phenolic OH excluding ortho intramolecular Hbond substituents is 1. The molecule has 162 valence electrons. The van der Waals surface area contributed by atoms with Crippen LogP contribution in [0, 0.1) is 0 Å². The maximum absolute atomic E-state index is 12.4. The lowest BCUT2D eigenvalue weighted by Gasteiger charge is -2.46. The van der Waals surface area contributed by atoms with Gasteiger partial charge in [0.05, 0.1) is 5.56 Å². The monoisotopic (exact) mass is 442 g/mol. The number of hydrogen-bond acceptors (Lipinski definition) is 5. The summed E-state index contributed by atoms with van der Waals surface area (Å²) in [6, 6.07) is 3.94. The molecule has 4 rings (SSSR count). The van der Waals surface area contributed by atoms with Crippen LogP contribution in [0.3, 0.4) is 0 Å². The lowest BCUT2D eigenvalue weighted by atomic mass is 9.79. The van der Waals surface area contributed by atoms with Crippen molar-refractivity contribution in [1.82, 2.24) is 10.6 Å². The number of benzene rings is 1. The Kier molecular flexibility index (Phi) is 7.00. The van der Waals surface area contributed by atoms with E-state index in [9.17, 15) is 9.90 Å². The number of fused-ring (bicyclic) bond motifs is 3. The molecule has 1 aromatic carbocycles. The molecule has 2 aromatic rings. The molecule has 2 heterocycles. The van der Waals surface area contributed by atoms with Crippen LogP contribution in [0.5, 0.6) is 5.75 Å². The Hall–Kier alpha value is -1.27. The first-order valence-electron chi connectivity index (χ1n) is 9.97. The second-order valence-electron chi connectivity index (χ2n) is 9.52. The number of piperidine rings is 1. The van der Waals surface area contributed by atoms with Gasteiger partial charge in [0, 0.05) is 34.6 Å². The second-order valence-corrected chi connectivity index (χ2v) is 9.52. The van der Waals surface area contributed by atoms with Crippen LogP contribution in [0.25, 0.3) is 11.0 Å². The Morgan fingerprint density at radius 1 is 1.10 bits per heavy atom. The minimum Gasteiger partial charge on any atom is -0.507 e. The third-order valence-electron chi connectivity index (χ3n) is 5.98. The van der Waals surface area contributed by atoms with E-state index >= 15 is 0 Å². The van der Waals surface area contributed by atoms with E-state index in [0.29, 0.717) is 23.7 Å². The molecule has 0 spiro atoms. The van der Waals surface area contributed by atoms with Crippen LogP contribution in [-0.2, 0) is 19.4 Å². The molecule has 1 saturated heterocycles. The van der Waals surface area contributed by atoms with Crippen molar-refractivity contribution >= 4 is 35.8 Å². The molecular weight excluding hydrogens is 411 g/mol. The first-order chi connectivity index (χ1) is 12.7. The molecule has 2 aliphatic rings. The topological polar surface area (TPSA) is 74.5 Å². The van der Waals surface area contributed by atoms with Gasteiger partial charge in [0.2, 0.25) is 0 Å². The van der Waals surface area contributed by atoms with Crippen LogP contribution in [0.2, 0.25) is 0 Å². The predicted molar refractivity (Wildman–Crippen MR) is 122 cm³/mol. The molecule has 0 atom stereocenters. The van der Waals surface area contributed by atoms with Crippen LogP contribution in [0.15, 0.2) is 21.3 Å². The number of nitrogens with one attached hydrogen (secondary N) is 2. The maximum atomic E-state index is 12.4. The molecule has 5 nitrogen and oxygen atoms in total. The largest absolute Gasteiger partial charge is 0.507 e. The molecule has 1 aliphatic carbocycles. The number of phenols is 1. The fraction of sp³-hybridized carbons (Fsp3) is 0.591. The molecule has 0 amide bonds. The van der Waals surface area contributed by atoms with E-state index < -0.39 is 0 Å². The smallest absolute Gasteiger partial charge is 0.339 e. The summed E-state index contributed by atoms with van der Waals surface area (Å²) in [5, 5.41) is 18.7. The van der Waals surface area contributed by atoms with Crippen molar-refractivity contribution in [2.24, 2.45) is 0 Å². The normalized spacial score (nSPS) is 20.0. The lowest BCUT2D eigenvalue weighted by molar-refractivity contribution is 0.145. The highest BCUT2D eigenvalue weighted by molar-refractivity contribution is 5.86. The third kappa shape index (κ3) is 4.74. The van der Waals surface area contributed by atoms with E-state index in [1.165, 1.54) is 0 Å². The summed E-state index contributed by atoms with van der Waals surface area (Å²) < 4.78 is 5.67. The molecule has 0 radical (unpaired) electrons. The quantitative estimate of drug-likeness (QED) is 0.620. The summed E-state index contributed by atoms with van der Waals surface area (Å²) in [6.07, 6.45) is 4.70. The molecule has 0 saturated carbocycles. The molecule has 1 fully saturated rings. The minimum atomic E-state index is -0.244. The number of rotatable bonds is 3. The Morgan fingerprint density at radius 2 is 1.72 bits per heavy atom. The summed E-state index contributed by atoms with van der Waals surface area (Å²) in [6.45, 7) is 9.38. The summed E-state index contributed by atoms with van der Waals surface area (Å²) in [4.78, 5) is 12.4. The Labute approximate surface area is 184 Å². The molecule has 0 unspecified atom stereocenters. The van der Waals surface area contributed by atoms with E-state index in [4.69, 9.17) is 4.42 Å². The second kappa shape index (κ2) is 8.46. The average molecular weight is 443 g/mol. The van der Waals surface area contributed by atoms with Crippen molar-refractivity contribution in [2.75, 3.05) is 0 Å². The number of aromatic hydroxyl groups is 1. The number of aryl methyl sites for hydroxylation is 1. The zero-order valence-corrected chi connectivity index (χ0v) is 19.2. The predicted octanol–water partition coefficient (Wildman–Crippen LogP) is 4.23. The van der Waals surface area contributed by atoms with Crippen molar-refractivity contribution in [1.29, 1.82) is 0 Å². The standard InChI is InChI=1S/C22H30N2O3.2ClH/c1-21(2)10-13(11-22(3,4)24-21)23-12-17-18(25)9-8-15-14-6-5-7-16(14)20(26)27-19(15)17;;/h8-9,13,23-25H,5-7,10-12H2,1-4H3;2*1H. The van der Waals surface area contributed by atoms with Gasteiger partial charge < -0.3 is 20.2 Å². The fourth-order valence-corrected chi connectivity index (χ4v) is 5.28. The first kappa shape index (κ1) is 24.0. The van der Waals surface area contributed by atoms with Crippen molar-refractivity contribution < 1.29 is 9.52 Å². The SMILES string of the molecule is CC1(C)CC(NCc2c(O)ccc3c4c(c(=O)oc23)CCC4)CC(C)(C)N1.Cl.Cl. The van der Waals surface area contributed by atoms with Gasteiger partial charge in [-0.05, 0) is 77.5 Å². The van der Waals surface area contributed by atoms with E-state index in [0.717, 1.165) is 48.6 Å². The molecule has 3 N–H and O–H groups in total. The van der Waals surface area contributed by atoms with Gasteiger partial charge in [0.1, 0.15) is 11.3 Å². The van der Waals surface area contributed by atoms with Gasteiger partial charge in [-0.25, -0.2) is 4.79 Å². The molecule has 0 bridgehead atoms. The summed E-state index contributed by atoms with van der Waals surface area (Å²) >= 11 is 0. The molecule has 1 aliphatic heterocycles. The molecule has 7 heteroatoms. The zero-order chi connectivity index (χ0) is 19.4. The molecule has 1 aromatic heterocycles. The summed E-state index contributed by atoms with van der Waals surface area (Å²) in [7, 11) is 0. The maximum Gasteiger partial charge on any atom is 0.339 e. The van der Waals surface area contributed by atoms with Crippen molar-refractivity contribution in [2.45, 2.75) is 83.5 Å². The Balaban J connectivity index is 0.00000150. The fourth-order valence-electron chi connectivity index (χ4n) is 5.28. The van der Waals surface area contributed by atoms with E-state index in [2.05, 4.69) is 38.3 Å². The third-order valence-corrected chi connectivity index (χ3v) is 5.98. The van der Waals surface area contributed by atoms with E-state index in [1.807, 2.05) is 6.07 Å². The first-order valence-corrected chi connectivity index (χ1v) is 9.97. The lowest BCUT2D eigenvalue weighted by Crippen LogP contribution is -2.61. The zero-order valence-electron chi connectivity index (χ0n) is 17.6. The minimum absolute atomic E-state index is 0. The van der Waals surface area contributed by atoms with Gasteiger partial charge in [0.25, 0.3) is 0 Å². The summed E-state index contributed by atoms with van der Waals surface area (Å²) in [5.41, 5.74) is 3.00. The Morgan fingerprint density at radius 3 is 2.38 bits per heavy atom. The van der Waals surface area contributed by atoms with Crippen molar-refractivity contribution in [3.8, 4) is 5.75 Å². The Bertz CT molecular complexity index is 937. The van der Waals surface area contributed by atoms with Gasteiger partial charge in [-0.1, -0.05) is 0 Å². The van der Waals surface area contributed by atoms with Crippen molar-refractivity contribution in [3.05, 3.63) is 39.2 Å². The molecule has 29 heavy (non-hydrogen) atoms. The number of hydrogen-bond donors (Lipinski definition) is 3. The van der Waals surface area contributed by atoms with Crippen molar-refractivity contribution in [3.63, 3.8) is 0 Å². The van der Waals surface area contributed by atoms with E-state index in [1.54, 1.807) is 6.07 Å². The highest BCUT2D eigenvalue weighted by Crippen LogP contribution is 2.34. The number of halogens is 2. The van der Waals surface area contributed by atoms with Crippen LogP contribution in [0.1, 0.15) is 63.6 Å². The van der Waals surface area contributed by atoms with Gasteiger partial charge in [0.15, 0.2) is 0 Å². The average Bonchev–Trinajstić information content (AvgIpc) is 3.01. The van der Waals surface area contributed by atoms with Crippen LogP contribution < -0.4 is 16.3 Å². The van der Waals surface area contributed by atoms with Gasteiger partial charge >= 0.3 is 5.63 Å². The van der Waals surface area contributed by atoms with Crippen LogP contribution >= 0.6 is 24.8 Å². The summed E-state index contributed by atoms with van der Waals surface area (Å²) in [5.74, 6) is 0.184. The van der Waals surface area contributed by atoms with Gasteiger partial charge in [-0.2, -0.15) is 0 Å². The van der Waals surface area contributed by atoms with Crippen LogP contribution in [0.4, 0.5) is 0 Å². The highest BCUT2D eigenvalue weighted by atomic mass is 35.5. The van der Waals surface area contributed by atoms with Gasteiger partial charge in [-0.3, -0.25) is 0 Å². The highest BCUT2D eigenvalue weighted by Gasteiger charge is 2.37. The van der Waals surface area contributed by atoms with Crippen LogP contribution in [-0.4, -0.2) is 22.2 Å². The van der Waals surface area contributed by atoms with E-state index in [-0.39, 0.29) is 47.3 Å². The van der Waals surface area contributed by atoms with Gasteiger partial charge in [-0.15, -0.1) is 24.8 Å². The molecular formula is C22H32Cl2N2O3.